The van der Waals surface area contributed by atoms with Crippen molar-refractivity contribution in [3.63, 3.8) is 0 Å². The first-order valence-electron chi connectivity index (χ1n) is 3.38. The van der Waals surface area contributed by atoms with E-state index in [0.717, 1.165) is 18.4 Å². The maximum atomic E-state index is 9.25. The zero-order chi connectivity index (χ0) is 6.69. The van der Waals surface area contributed by atoms with E-state index >= 15 is 0 Å². The Bertz CT molecular complexity index is 145. The summed E-state index contributed by atoms with van der Waals surface area (Å²) in [5.74, 6) is 0. The summed E-state index contributed by atoms with van der Waals surface area (Å²) in [7, 11) is 0. The Kier molecular flexibility index (Phi) is 2.06. The molecule has 1 atom stereocenters. The van der Waals surface area contributed by atoms with Gasteiger partial charge >= 0.3 is 0 Å². The van der Waals surface area contributed by atoms with Crippen LogP contribution in [0.5, 0.6) is 0 Å². The van der Waals surface area contributed by atoms with Gasteiger partial charge in [0.25, 0.3) is 0 Å². The highest BCUT2D eigenvalue weighted by Gasteiger charge is 2.07. The first-order chi connectivity index (χ1) is 4.34. The molecular weight excluding hydrogens is 112 g/mol. The molecule has 1 rings (SSSR count). The van der Waals surface area contributed by atoms with Gasteiger partial charge in [0.05, 0.1) is 6.10 Å². The number of aliphatic hydroxyl groups is 1. The summed E-state index contributed by atoms with van der Waals surface area (Å²) >= 11 is 0. The third-order valence-corrected chi connectivity index (χ3v) is 1.64. The smallest absolute Gasteiger partial charge is 0.0787 e. The SMILES string of the molecule is CCC1=CC=CCC1O. The summed E-state index contributed by atoms with van der Waals surface area (Å²) in [4.78, 5) is 0. The van der Waals surface area contributed by atoms with Crippen LogP contribution in [0.25, 0.3) is 0 Å². The van der Waals surface area contributed by atoms with Gasteiger partial charge in [0.1, 0.15) is 0 Å². The fourth-order valence-corrected chi connectivity index (χ4v) is 1.02. The van der Waals surface area contributed by atoms with Crippen molar-refractivity contribution in [2.75, 3.05) is 0 Å². The molecule has 0 aromatic heterocycles. The number of hydrogen-bond acceptors (Lipinski definition) is 1. The zero-order valence-corrected chi connectivity index (χ0v) is 5.67. The van der Waals surface area contributed by atoms with Crippen molar-refractivity contribution in [1.29, 1.82) is 0 Å². The summed E-state index contributed by atoms with van der Waals surface area (Å²) in [6.07, 6.45) is 7.54. The predicted molar refractivity (Wildman–Crippen MR) is 38.1 cm³/mol. The van der Waals surface area contributed by atoms with Crippen molar-refractivity contribution in [3.05, 3.63) is 23.8 Å². The van der Waals surface area contributed by atoms with Crippen molar-refractivity contribution in [3.8, 4) is 0 Å². The van der Waals surface area contributed by atoms with E-state index in [4.69, 9.17) is 0 Å². The minimum absolute atomic E-state index is 0.208. The average Bonchev–Trinajstić information content (AvgIpc) is 1.89. The summed E-state index contributed by atoms with van der Waals surface area (Å²) in [5, 5.41) is 9.25. The number of rotatable bonds is 1. The third-order valence-electron chi connectivity index (χ3n) is 1.64. The van der Waals surface area contributed by atoms with E-state index in [1.807, 2.05) is 18.2 Å². The zero-order valence-electron chi connectivity index (χ0n) is 5.67. The molecule has 0 heterocycles. The second-order valence-electron chi connectivity index (χ2n) is 2.27. The van der Waals surface area contributed by atoms with E-state index in [1.165, 1.54) is 0 Å². The summed E-state index contributed by atoms with van der Waals surface area (Å²) in [6.45, 7) is 2.06. The number of hydrogen-bond donors (Lipinski definition) is 1. The molecule has 0 bridgehead atoms. The minimum Gasteiger partial charge on any atom is -0.388 e. The lowest BCUT2D eigenvalue weighted by Gasteiger charge is -2.13. The fraction of sp³-hybridized carbons (Fsp3) is 0.500. The normalized spacial score (nSPS) is 26.0. The van der Waals surface area contributed by atoms with Gasteiger partial charge in [0.15, 0.2) is 0 Å². The van der Waals surface area contributed by atoms with Gasteiger partial charge < -0.3 is 5.11 Å². The highest BCUT2D eigenvalue weighted by molar-refractivity contribution is 5.21. The van der Waals surface area contributed by atoms with Gasteiger partial charge in [-0.3, -0.25) is 0 Å². The highest BCUT2D eigenvalue weighted by Crippen LogP contribution is 2.14. The Morgan fingerprint density at radius 2 is 2.56 bits per heavy atom. The van der Waals surface area contributed by atoms with Gasteiger partial charge in [0, 0.05) is 0 Å². The second kappa shape index (κ2) is 2.83. The molecule has 0 spiro atoms. The Balaban J connectivity index is 2.63. The molecule has 50 valence electrons. The Hall–Kier alpha value is -0.560. The molecule has 1 aliphatic rings. The number of allylic oxidation sites excluding steroid dienone is 2. The molecule has 0 aromatic carbocycles. The third kappa shape index (κ3) is 1.42. The molecule has 1 N–H and O–H groups in total. The number of aliphatic hydroxyl groups excluding tert-OH is 1. The maximum absolute atomic E-state index is 9.25. The van der Waals surface area contributed by atoms with Gasteiger partial charge in [-0.05, 0) is 18.4 Å². The van der Waals surface area contributed by atoms with Gasteiger partial charge in [0.2, 0.25) is 0 Å². The van der Waals surface area contributed by atoms with E-state index < -0.39 is 0 Å². The van der Waals surface area contributed by atoms with Crippen LogP contribution in [0.4, 0.5) is 0 Å². The fourth-order valence-electron chi connectivity index (χ4n) is 1.02. The maximum Gasteiger partial charge on any atom is 0.0787 e. The molecule has 1 nitrogen and oxygen atoms in total. The topological polar surface area (TPSA) is 20.2 Å². The van der Waals surface area contributed by atoms with E-state index in [9.17, 15) is 5.11 Å². The molecule has 1 aliphatic carbocycles. The molecule has 0 aromatic rings. The van der Waals surface area contributed by atoms with Gasteiger partial charge in [-0.15, -0.1) is 0 Å². The van der Waals surface area contributed by atoms with Crippen molar-refractivity contribution < 1.29 is 5.11 Å². The largest absolute Gasteiger partial charge is 0.388 e. The van der Waals surface area contributed by atoms with Crippen molar-refractivity contribution in [2.24, 2.45) is 0 Å². The molecule has 1 heteroatoms. The molecule has 1 unspecified atom stereocenters. The molecule has 0 amide bonds. The average molecular weight is 124 g/mol. The Morgan fingerprint density at radius 3 is 3.00 bits per heavy atom. The predicted octanol–water partition coefficient (Wildman–Crippen LogP) is 1.64. The van der Waals surface area contributed by atoms with Crippen LogP contribution in [0.1, 0.15) is 19.8 Å². The second-order valence-corrected chi connectivity index (χ2v) is 2.27. The van der Waals surface area contributed by atoms with Crippen molar-refractivity contribution >= 4 is 0 Å². The van der Waals surface area contributed by atoms with Crippen LogP contribution < -0.4 is 0 Å². The first kappa shape index (κ1) is 6.56. The summed E-state index contributed by atoms with van der Waals surface area (Å²) in [6, 6.07) is 0. The lowest BCUT2D eigenvalue weighted by Crippen LogP contribution is -2.10. The van der Waals surface area contributed by atoms with Crippen LogP contribution in [-0.2, 0) is 0 Å². The van der Waals surface area contributed by atoms with Crippen LogP contribution in [-0.4, -0.2) is 11.2 Å². The standard InChI is InChI=1S/C8H12O/c1-2-7-5-3-4-6-8(7)9/h3-5,8-9H,2,6H2,1H3. The molecule has 0 aliphatic heterocycles. The molecule has 0 radical (unpaired) electrons. The van der Waals surface area contributed by atoms with Gasteiger partial charge in [-0.25, -0.2) is 0 Å². The Morgan fingerprint density at radius 1 is 1.78 bits per heavy atom. The van der Waals surface area contributed by atoms with E-state index in [-0.39, 0.29) is 6.10 Å². The van der Waals surface area contributed by atoms with Gasteiger partial charge in [-0.1, -0.05) is 25.2 Å². The van der Waals surface area contributed by atoms with Crippen molar-refractivity contribution in [2.45, 2.75) is 25.9 Å². The van der Waals surface area contributed by atoms with Crippen LogP contribution >= 0.6 is 0 Å². The van der Waals surface area contributed by atoms with E-state index in [2.05, 4.69) is 6.92 Å². The molecule has 9 heavy (non-hydrogen) atoms. The van der Waals surface area contributed by atoms with Crippen LogP contribution in [0.2, 0.25) is 0 Å². The molecule has 0 saturated carbocycles. The first-order valence-corrected chi connectivity index (χ1v) is 3.38. The van der Waals surface area contributed by atoms with Crippen molar-refractivity contribution in [1.82, 2.24) is 0 Å². The van der Waals surface area contributed by atoms with Crippen LogP contribution in [0.15, 0.2) is 23.8 Å². The van der Waals surface area contributed by atoms with Gasteiger partial charge in [-0.2, -0.15) is 0 Å². The lowest BCUT2D eigenvalue weighted by molar-refractivity contribution is 0.209. The van der Waals surface area contributed by atoms with Crippen LogP contribution in [0.3, 0.4) is 0 Å². The van der Waals surface area contributed by atoms with Crippen LogP contribution in [0, 0.1) is 0 Å². The van der Waals surface area contributed by atoms with E-state index in [0.29, 0.717) is 0 Å². The monoisotopic (exact) mass is 124 g/mol. The molecule has 0 fully saturated rings. The molecular formula is C8H12O. The lowest BCUT2D eigenvalue weighted by atomic mass is 10.00. The summed E-state index contributed by atoms with van der Waals surface area (Å²) < 4.78 is 0. The highest BCUT2D eigenvalue weighted by atomic mass is 16.3. The van der Waals surface area contributed by atoms with E-state index in [1.54, 1.807) is 0 Å². The molecule has 0 saturated heterocycles. The quantitative estimate of drug-likeness (QED) is 0.563. The Labute approximate surface area is 55.7 Å². The minimum atomic E-state index is -0.208. The summed E-state index contributed by atoms with van der Waals surface area (Å²) in [5.41, 5.74) is 1.15.